The van der Waals surface area contributed by atoms with Crippen molar-refractivity contribution in [3.05, 3.63) is 90.0 Å². The summed E-state index contributed by atoms with van der Waals surface area (Å²) >= 11 is 0. The Hall–Kier alpha value is -4.22. The number of rotatable bonds is 8. The van der Waals surface area contributed by atoms with Crippen molar-refractivity contribution in [1.29, 1.82) is 0 Å². The van der Waals surface area contributed by atoms with Crippen molar-refractivity contribution in [2.24, 2.45) is 5.10 Å². The Morgan fingerprint density at radius 3 is 2.14 bits per heavy atom. The van der Waals surface area contributed by atoms with E-state index < -0.39 is 30.9 Å². The highest BCUT2D eigenvalue weighted by Gasteiger charge is 2.44. The van der Waals surface area contributed by atoms with Crippen molar-refractivity contribution in [1.82, 2.24) is 5.01 Å². The summed E-state index contributed by atoms with van der Waals surface area (Å²) in [6, 6.07) is 18.9. The standard InChI is InChI=1S/C25H19F6N3O3/c26-22(27)25(30,31)37-19-12-8-17(9-13-19)32-24(35)34-14-20(15-4-2-1-3-5-15)21(33-34)16-6-10-18(11-7-16)36-23(28)29/h1-13,20,22-23H,14H2,(H,32,35). The van der Waals surface area contributed by atoms with E-state index in [1.807, 2.05) is 30.3 Å². The van der Waals surface area contributed by atoms with Crippen LogP contribution in [0.3, 0.4) is 0 Å². The first-order chi connectivity index (χ1) is 17.6. The summed E-state index contributed by atoms with van der Waals surface area (Å²) in [6.07, 6.45) is -8.65. The Bertz CT molecular complexity index is 1240. The van der Waals surface area contributed by atoms with Crippen LogP contribution in [0.15, 0.2) is 84.0 Å². The number of urea groups is 1. The molecule has 0 fully saturated rings. The summed E-state index contributed by atoms with van der Waals surface area (Å²) in [5, 5.41) is 8.16. The summed E-state index contributed by atoms with van der Waals surface area (Å²) in [5.41, 5.74) is 2.16. The van der Waals surface area contributed by atoms with Crippen molar-refractivity contribution in [3.63, 3.8) is 0 Å². The molecule has 1 unspecified atom stereocenters. The third kappa shape index (κ3) is 6.32. The second-order valence-corrected chi connectivity index (χ2v) is 7.85. The largest absolute Gasteiger partial charge is 0.461 e. The Kier molecular flexibility index (Phi) is 7.55. The molecule has 6 nitrogen and oxygen atoms in total. The minimum atomic E-state index is -4.65. The highest BCUT2D eigenvalue weighted by Crippen LogP contribution is 2.31. The maximum Gasteiger partial charge on any atom is 0.461 e. The molecule has 1 N–H and O–H groups in total. The lowest BCUT2D eigenvalue weighted by atomic mass is 9.90. The Balaban J connectivity index is 1.51. The molecular formula is C25H19F6N3O3. The number of nitrogens with zero attached hydrogens (tertiary/aromatic N) is 2. The van der Waals surface area contributed by atoms with Gasteiger partial charge in [0, 0.05) is 11.6 Å². The minimum absolute atomic E-state index is 0.0260. The van der Waals surface area contributed by atoms with Gasteiger partial charge >= 0.3 is 25.2 Å². The Labute approximate surface area is 207 Å². The van der Waals surface area contributed by atoms with E-state index in [4.69, 9.17) is 0 Å². The third-order valence-electron chi connectivity index (χ3n) is 5.34. The maximum absolute atomic E-state index is 13.1. The lowest BCUT2D eigenvalue weighted by Gasteiger charge is -2.18. The molecule has 1 heterocycles. The smallest absolute Gasteiger partial charge is 0.435 e. The van der Waals surface area contributed by atoms with Crippen LogP contribution in [0.2, 0.25) is 0 Å². The Morgan fingerprint density at radius 2 is 1.54 bits per heavy atom. The summed E-state index contributed by atoms with van der Waals surface area (Å²) < 4.78 is 84.1. The van der Waals surface area contributed by atoms with Crippen molar-refractivity contribution < 1.29 is 40.6 Å². The number of ether oxygens (including phenoxy) is 2. The van der Waals surface area contributed by atoms with Gasteiger partial charge in [-0.1, -0.05) is 30.3 Å². The molecule has 3 aromatic rings. The van der Waals surface area contributed by atoms with Crippen molar-refractivity contribution in [2.75, 3.05) is 11.9 Å². The molecule has 2 amide bonds. The van der Waals surface area contributed by atoms with Crippen LogP contribution in [0.4, 0.5) is 36.8 Å². The lowest BCUT2D eigenvalue weighted by molar-refractivity contribution is -0.253. The number of benzene rings is 3. The number of carbonyl (C=O) groups is 1. The van der Waals surface area contributed by atoms with E-state index in [1.54, 1.807) is 12.1 Å². The van der Waals surface area contributed by atoms with E-state index in [0.717, 1.165) is 17.7 Å². The highest BCUT2D eigenvalue weighted by molar-refractivity contribution is 6.07. The van der Waals surface area contributed by atoms with Crippen LogP contribution in [0, 0.1) is 0 Å². The number of hydrogen-bond acceptors (Lipinski definition) is 4. The lowest BCUT2D eigenvalue weighted by Crippen LogP contribution is -2.33. The molecule has 3 aromatic carbocycles. The second kappa shape index (κ2) is 10.8. The van der Waals surface area contributed by atoms with Crippen LogP contribution < -0.4 is 14.8 Å². The van der Waals surface area contributed by atoms with Gasteiger partial charge in [0.2, 0.25) is 0 Å². The summed E-state index contributed by atoms with van der Waals surface area (Å²) in [4.78, 5) is 12.9. The molecule has 194 valence electrons. The fourth-order valence-corrected chi connectivity index (χ4v) is 3.64. The van der Waals surface area contributed by atoms with E-state index >= 15 is 0 Å². The highest BCUT2D eigenvalue weighted by atomic mass is 19.3. The van der Waals surface area contributed by atoms with Gasteiger partial charge in [-0.05, 0) is 59.7 Å². The van der Waals surface area contributed by atoms with Gasteiger partial charge in [-0.3, -0.25) is 0 Å². The molecule has 37 heavy (non-hydrogen) atoms. The number of nitrogens with one attached hydrogen (secondary N) is 1. The van der Waals surface area contributed by atoms with E-state index in [2.05, 4.69) is 19.9 Å². The third-order valence-corrected chi connectivity index (χ3v) is 5.34. The van der Waals surface area contributed by atoms with Gasteiger partial charge in [0.15, 0.2) is 0 Å². The number of alkyl halides is 6. The van der Waals surface area contributed by atoms with E-state index in [-0.39, 0.29) is 23.9 Å². The quantitative estimate of drug-likeness (QED) is 0.340. The number of halogens is 6. The molecule has 1 aliphatic heterocycles. The molecule has 0 aliphatic carbocycles. The molecule has 0 aromatic heterocycles. The van der Waals surface area contributed by atoms with Crippen LogP contribution in [0.25, 0.3) is 0 Å². The molecule has 1 atom stereocenters. The fourth-order valence-electron chi connectivity index (χ4n) is 3.64. The summed E-state index contributed by atoms with van der Waals surface area (Å²) in [6.45, 7) is -2.81. The van der Waals surface area contributed by atoms with Gasteiger partial charge in [0.05, 0.1) is 12.3 Å². The van der Waals surface area contributed by atoms with Crippen molar-refractivity contribution in [2.45, 2.75) is 25.1 Å². The predicted octanol–water partition coefficient (Wildman–Crippen LogP) is 6.56. The van der Waals surface area contributed by atoms with Gasteiger partial charge in [0.25, 0.3) is 0 Å². The topological polar surface area (TPSA) is 63.2 Å². The zero-order chi connectivity index (χ0) is 26.6. The maximum atomic E-state index is 13.1. The van der Waals surface area contributed by atoms with Crippen LogP contribution in [-0.2, 0) is 0 Å². The average Bonchev–Trinajstić information content (AvgIpc) is 3.31. The number of amides is 2. The molecule has 0 radical (unpaired) electrons. The first-order valence-electron chi connectivity index (χ1n) is 10.8. The molecule has 0 spiro atoms. The first kappa shape index (κ1) is 25.9. The zero-order valence-electron chi connectivity index (χ0n) is 18.8. The van der Waals surface area contributed by atoms with E-state index in [0.29, 0.717) is 11.3 Å². The average molecular weight is 523 g/mol. The van der Waals surface area contributed by atoms with Gasteiger partial charge < -0.3 is 14.8 Å². The predicted molar refractivity (Wildman–Crippen MR) is 123 cm³/mol. The monoisotopic (exact) mass is 523 g/mol. The molecular weight excluding hydrogens is 504 g/mol. The summed E-state index contributed by atoms with van der Waals surface area (Å²) in [7, 11) is 0. The van der Waals surface area contributed by atoms with Crippen LogP contribution >= 0.6 is 0 Å². The fraction of sp³-hybridized carbons (Fsp3) is 0.200. The number of carbonyl (C=O) groups excluding carboxylic acids is 1. The van der Waals surface area contributed by atoms with E-state index in [9.17, 15) is 31.1 Å². The van der Waals surface area contributed by atoms with Gasteiger partial charge in [0.1, 0.15) is 11.5 Å². The number of anilines is 1. The SMILES string of the molecule is O=C(Nc1ccc(OC(F)(F)C(F)F)cc1)N1CC(c2ccccc2)C(c2ccc(OC(F)F)cc2)=N1. The second-order valence-electron chi connectivity index (χ2n) is 7.85. The first-order valence-corrected chi connectivity index (χ1v) is 10.8. The van der Waals surface area contributed by atoms with Crippen molar-refractivity contribution >= 4 is 17.4 Å². The van der Waals surface area contributed by atoms with Crippen LogP contribution in [-0.4, -0.2) is 42.4 Å². The molecule has 0 bridgehead atoms. The normalized spacial score (nSPS) is 15.6. The minimum Gasteiger partial charge on any atom is -0.435 e. The van der Waals surface area contributed by atoms with Gasteiger partial charge in [-0.2, -0.15) is 31.4 Å². The summed E-state index contributed by atoms with van der Waals surface area (Å²) in [5.74, 6) is -0.865. The van der Waals surface area contributed by atoms with Gasteiger partial charge in [-0.25, -0.2) is 9.80 Å². The van der Waals surface area contributed by atoms with Crippen molar-refractivity contribution in [3.8, 4) is 11.5 Å². The van der Waals surface area contributed by atoms with E-state index in [1.165, 1.54) is 29.3 Å². The Morgan fingerprint density at radius 1 is 0.919 bits per heavy atom. The number of hydrazone groups is 1. The molecule has 1 aliphatic rings. The molecule has 0 saturated heterocycles. The molecule has 0 saturated carbocycles. The molecule has 12 heteroatoms. The van der Waals surface area contributed by atoms with Crippen LogP contribution in [0.1, 0.15) is 17.0 Å². The number of hydrogen-bond donors (Lipinski definition) is 1. The van der Waals surface area contributed by atoms with Gasteiger partial charge in [-0.15, -0.1) is 0 Å². The van der Waals surface area contributed by atoms with Crippen LogP contribution in [0.5, 0.6) is 11.5 Å². The molecule has 4 rings (SSSR count). The zero-order valence-corrected chi connectivity index (χ0v) is 18.8.